The number of carbonyl (C=O) groups excluding carboxylic acids is 2. The number of hydrogen-bond donors (Lipinski definition) is 3. The highest BCUT2D eigenvalue weighted by Crippen LogP contribution is 2.18. The van der Waals surface area contributed by atoms with Crippen molar-refractivity contribution in [2.24, 2.45) is 0 Å². The van der Waals surface area contributed by atoms with Crippen LogP contribution in [0.2, 0.25) is 0 Å². The van der Waals surface area contributed by atoms with Crippen molar-refractivity contribution in [3.05, 3.63) is 12.2 Å². The van der Waals surface area contributed by atoms with E-state index < -0.39 is 12.1 Å². The van der Waals surface area contributed by atoms with Crippen molar-refractivity contribution in [2.45, 2.75) is 366 Å². The fourth-order valence-corrected chi connectivity index (χ4v) is 9.99. The molecule has 0 aromatic carbocycles. The number of ether oxygens (including phenoxy) is 1. The summed E-state index contributed by atoms with van der Waals surface area (Å²) in [7, 11) is 0. The fourth-order valence-electron chi connectivity index (χ4n) is 9.99. The van der Waals surface area contributed by atoms with Gasteiger partial charge in [0.05, 0.1) is 25.4 Å². The summed E-state index contributed by atoms with van der Waals surface area (Å²) >= 11 is 0. The molecule has 0 saturated heterocycles. The van der Waals surface area contributed by atoms with Crippen LogP contribution >= 0.6 is 0 Å². The number of unbranched alkanes of at least 4 members (excludes halogenated alkanes) is 46. The molecule has 0 bridgehead atoms. The summed E-state index contributed by atoms with van der Waals surface area (Å²) in [5.74, 6) is -0.0230. The van der Waals surface area contributed by atoms with E-state index in [1.165, 1.54) is 276 Å². The number of allylic oxidation sites excluding steroid dienone is 2. The van der Waals surface area contributed by atoms with Gasteiger partial charge in [-0.1, -0.05) is 302 Å². The molecule has 1 amide bonds. The molecule has 2 unspecified atom stereocenters. The van der Waals surface area contributed by atoms with Crippen molar-refractivity contribution in [2.75, 3.05) is 13.2 Å². The molecule has 0 heterocycles. The number of aliphatic hydroxyl groups excluding tert-OH is 2. The highest BCUT2D eigenvalue weighted by atomic mass is 16.5. The predicted octanol–water partition coefficient (Wildman–Crippen LogP) is 19.6. The van der Waals surface area contributed by atoms with Crippen LogP contribution in [0.1, 0.15) is 354 Å². The molecule has 0 aromatic rings. The molecule has 0 saturated carbocycles. The lowest BCUT2D eigenvalue weighted by molar-refractivity contribution is -0.143. The number of aliphatic hydroxyl groups is 2. The highest BCUT2D eigenvalue weighted by Gasteiger charge is 2.20. The van der Waals surface area contributed by atoms with Gasteiger partial charge in [-0.25, -0.2) is 0 Å². The summed E-state index contributed by atoms with van der Waals surface area (Å²) in [4.78, 5) is 24.5. The van der Waals surface area contributed by atoms with Gasteiger partial charge < -0.3 is 20.3 Å². The van der Waals surface area contributed by atoms with Gasteiger partial charge in [-0.05, 0) is 51.4 Å². The Labute approximate surface area is 431 Å². The zero-order valence-electron chi connectivity index (χ0n) is 46.8. The summed E-state index contributed by atoms with van der Waals surface area (Å²) in [6, 6.07) is -0.538. The smallest absolute Gasteiger partial charge is 0.305 e. The monoisotopic (exact) mass is 974 g/mol. The third kappa shape index (κ3) is 55.8. The lowest BCUT2D eigenvalue weighted by atomic mass is 10.0. The molecule has 6 heteroatoms. The van der Waals surface area contributed by atoms with Crippen LogP contribution in [-0.4, -0.2) is 47.4 Å². The topological polar surface area (TPSA) is 95.9 Å². The highest BCUT2D eigenvalue weighted by molar-refractivity contribution is 5.76. The van der Waals surface area contributed by atoms with Crippen LogP contribution in [-0.2, 0) is 14.3 Å². The second-order valence-corrected chi connectivity index (χ2v) is 21.7. The normalized spacial score (nSPS) is 12.6. The molecule has 69 heavy (non-hydrogen) atoms. The minimum atomic E-state index is -0.661. The van der Waals surface area contributed by atoms with Crippen LogP contribution in [0.25, 0.3) is 0 Å². The standard InChI is InChI=1S/C63H123NO5/c1-3-5-7-9-11-13-15-17-29-33-37-41-45-49-53-57-63(68)69-58-54-50-46-42-38-34-31-28-26-24-22-20-18-19-21-23-25-27-30-32-36-40-44-48-52-56-62(67)64-60(59-65)61(66)55-51-47-43-39-35-16-14-12-10-8-6-4-2/h17,29,60-61,65-66H,3-16,18-28,30-59H2,1-2H3,(H,64,67)/b29-17-. The maximum atomic E-state index is 12.5. The molecule has 3 N–H and O–H groups in total. The summed E-state index contributed by atoms with van der Waals surface area (Å²) in [6.07, 6.45) is 70.9. The van der Waals surface area contributed by atoms with E-state index in [9.17, 15) is 19.8 Å². The molecule has 6 nitrogen and oxygen atoms in total. The molecule has 0 fully saturated rings. The maximum Gasteiger partial charge on any atom is 0.305 e. The molecular weight excluding hydrogens is 851 g/mol. The summed E-state index contributed by atoms with van der Waals surface area (Å²) in [5, 5.41) is 23.2. The third-order valence-corrected chi connectivity index (χ3v) is 14.8. The zero-order valence-corrected chi connectivity index (χ0v) is 46.8. The number of rotatable bonds is 59. The quantitative estimate of drug-likeness (QED) is 0.0321. The molecule has 410 valence electrons. The lowest BCUT2D eigenvalue weighted by Gasteiger charge is -2.22. The van der Waals surface area contributed by atoms with Gasteiger partial charge >= 0.3 is 5.97 Å². The van der Waals surface area contributed by atoms with Crippen LogP contribution in [0.15, 0.2) is 12.2 Å². The van der Waals surface area contributed by atoms with Crippen molar-refractivity contribution in [1.82, 2.24) is 5.32 Å². The van der Waals surface area contributed by atoms with Gasteiger partial charge in [0.1, 0.15) is 0 Å². The van der Waals surface area contributed by atoms with Crippen LogP contribution in [0.4, 0.5) is 0 Å². The van der Waals surface area contributed by atoms with Gasteiger partial charge in [0.25, 0.3) is 0 Å². The van der Waals surface area contributed by atoms with E-state index in [4.69, 9.17) is 4.74 Å². The van der Waals surface area contributed by atoms with Gasteiger partial charge in [0, 0.05) is 12.8 Å². The molecule has 0 aromatic heterocycles. The van der Waals surface area contributed by atoms with Gasteiger partial charge in [0.2, 0.25) is 5.91 Å². The first-order valence-corrected chi connectivity index (χ1v) is 31.4. The summed E-state index contributed by atoms with van der Waals surface area (Å²) < 4.78 is 5.49. The van der Waals surface area contributed by atoms with Crippen molar-refractivity contribution in [3.63, 3.8) is 0 Å². The van der Waals surface area contributed by atoms with Crippen molar-refractivity contribution < 1.29 is 24.5 Å². The first-order valence-electron chi connectivity index (χ1n) is 31.4. The Morgan fingerprint density at radius 2 is 0.681 bits per heavy atom. The Kier molecular flexibility index (Phi) is 58.0. The average Bonchev–Trinajstić information content (AvgIpc) is 3.35. The number of hydrogen-bond acceptors (Lipinski definition) is 5. The Morgan fingerprint density at radius 3 is 1.03 bits per heavy atom. The molecular formula is C63H123NO5. The van der Waals surface area contributed by atoms with Gasteiger partial charge in [-0.2, -0.15) is 0 Å². The van der Waals surface area contributed by atoms with E-state index in [2.05, 4.69) is 31.3 Å². The predicted molar refractivity (Wildman–Crippen MR) is 301 cm³/mol. The second kappa shape index (κ2) is 59.2. The Bertz CT molecular complexity index is 1030. The minimum absolute atomic E-state index is 0.00905. The minimum Gasteiger partial charge on any atom is -0.466 e. The van der Waals surface area contributed by atoms with E-state index >= 15 is 0 Å². The van der Waals surface area contributed by atoms with E-state index in [-0.39, 0.29) is 18.5 Å². The molecule has 0 aliphatic rings. The SMILES string of the molecule is CCCCCCCC/C=C\CCCCCCCC(=O)OCCCCCCCCCCCCCCCCCCCCCCCCCCCC(=O)NC(CO)C(O)CCCCCCCCCCCCCC. The van der Waals surface area contributed by atoms with E-state index in [1.807, 2.05) is 0 Å². The Balaban J connectivity index is 3.33. The Hall–Kier alpha value is -1.40. The summed E-state index contributed by atoms with van der Waals surface area (Å²) in [5.41, 5.74) is 0. The number of amides is 1. The molecule has 0 spiro atoms. The molecule has 0 rings (SSSR count). The molecule has 0 radical (unpaired) electrons. The number of nitrogens with one attached hydrogen (secondary N) is 1. The third-order valence-electron chi connectivity index (χ3n) is 14.8. The van der Waals surface area contributed by atoms with Gasteiger partial charge in [-0.15, -0.1) is 0 Å². The van der Waals surface area contributed by atoms with Crippen molar-refractivity contribution in [3.8, 4) is 0 Å². The fraction of sp³-hybridized carbons (Fsp3) is 0.937. The number of carbonyl (C=O) groups is 2. The lowest BCUT2D eigenvalue weighted by Crippen LogP contribution is -2.45. The first kappa shape index (κ1) is 67.6. The average molecular weight is 975 g/mol. The molecule has 2 atom stereocenters. The van der Waals surface area contributed by atoms with E-state index in [0.29, 0.717) is 25.9 Å². The largest absolute Gasteiger partial charge is 0.466 e. The van der Waals surface area contributed by atoms with Crippen LogP contribution < -0.4 is 5.32 Å². The van der Waals surface area contributed by atoms with E-state index in [0.717, 1.165) is 44.9 Å². The Morgan fingerprint density at radius 1 is 0.391 bits per heavy atom. The van der Waals surface area contributed by atoms with Crippen molar-refractivity contribution in [1.29, 1.82) is 0 Å². The summed E-state index contributed by atoms with van der Waals surface area (Å²) in [6.45, 7) is 4.96. The van der Waals surface area contributed by atoms with Gasteiger partial charge in [-0.3, -0.25) is 9.59 Å². The molecule has 0 aliphatic carbocycles. The van der Waals surface area contributed by atoms with Crippen LogP contribution in [0, 0.1) is 0 Å². The maximum absolute atomic E-state index is 12.5. The van der Waals surface area contributed by atoms with Crippen LogP contribution in [0.3, 0.4) is 0 Å². The van der Waals surface area contributed by atoms with Crippen molar-refractivity contribution >= 4 is 11.9 Å². The van der Waals surface area contributed by atoms with Gasteiger partial charge in [0.15, 0.2) is 0 Å². The first-order chi connectivity index (χ1) is 34.0. The van der Waals surface area contributed by atoms with Crippen LogP contribution in [0.5, 0.6) is 0 Å². The number of esters is 1. The second-order valence-electron chi connectivity index (χ2n) is 21.7. The molecule has 0 aliphatic heterocycles. The zero-order chi connectivity index (χ0) is 50.0. The van der Waals surface area contributed by atoms with E-state index in [1.54, 1.807) is 0 Å².